The molecule has 0 amide bonds. The van der Waals surface area contributed by atoms with Gasteiger partial charge in [0.1, 0.15) is 0 Å². The minimum absolute atomic E-state index is 0.178. The van der Waals surface area contributed by atoms with Crippen molar-refractivity contribution in [1.82, 2.24) is 0 Å². The summed E-state index contributed by atoms with van der Waals surface area (Å²) in [5.74, 6) is 0. The van der Waals surface area contributed by atoms with Crippen molar-refractivity contribution in [2.24, 2.45) is 4.99 Å². The van der Waals surface area contributed by atoms with Gasteiger partial charge in [0.2, 0.25) is 0 Å². The van der Waals surface area contributed by atoms with Crippen LogP contribution < -0.4 is 10.4 Å². The molecule has 4 nitrogen and oxygen atoms in total. The van der Waals surface area contributed by atoms with Gasteiger partial charge in [0, 0.05) is 19.3 Å². The number of hydrogen-bond donors (Lipinski definition) is 2. The van der Waals surface area contributed by atoms with E-state index in [1.54, 1.807) is 17.8 Å². The van der Waals surface area contributed by atoms with Crippen molar-refractivity contribution in [2.75, 3.05) is 18.5 Å². The fourth-order valence-electron chi connectivity index (χ4n) is 2.72. The van der Waals surface area contributed by atoms with E-state index in [0.717, 1.165) is 22.8 Å². The van der Waals surface area contributed by atoms with Crippen molar-refractivity contribution in [1.29, 1.82) is 0 Å². The number of thioether (sulfide) groups is 1. The molecule has 0 aromatic heterocycles. The molecular weight excluding hydrogens is 307 g/mol. The Labute approximate surface area is 142 Å². The van der Waals surface area contributed by atoms with Gasteiger partial charge in [-0.2, -0.15) is 0 Å². The fraction of sp³-hybridized carbons (Fsp3) is 0.353. The van der Waals surface area contributed by atoms with Crippen LogP contribution in [0.15, 0.2) is 41.9 Å². The molecule has 0 aliphatic carbocycles. The van der Waals surface area contributed by atoms with Crippen LogP contribution in [0.5, 0.6) is 0 Å². The predicted molar refractivity (Wildman–Crippen MR) is 103 cm³/mol. The third kappa shape index (κ3) is 4.08. The maximum atomic E-state index is 9.31. The average molecular weight is 330 g/mol. The Bertz CT molecular complexity index is 631. The molecular formula is C17H23BN2O2S. The SMILES string of the molecule is C=CC(SC(C)=NCC)C1C=Cc2cc(B(O)O)ccc2N1C. The zero-order chi connectivity index (χ0) is 17.0. The molecule has 23 heavy (non-hydrogen) atoms. The Morgan fingerprint density at radius 3 is 2.87 bits per heavy atom. The molecule has 6 heteroatoms. The highest BCUT2D eigenvalue weighted by Crippen LogP contribution is 2.32. The average Bonchev–Trinajstić information content (AvgIpc) is 2.53. The molecule has 2 atom stereocenters. The first-order valence-corrected chi connectivity index (χ1v) is 8.57. The van der Waals surface area contributed by atoms with E-state index in [1.165, 1.54) is 0 Å². The monoisotopic (exact) mass is 330 g/mol. The maximum Gasteiger partial charge on any atom is 0.488 e. The van der Waals surface area contributed by atoms with Gasteiger partial charge in [0.05, 0.1) is 16.3 Å². The molecule has 0 saturated heterocycles. The van der Waals surface area contributed by atoms with Crippen LogP contribution in [0.25, 0.3) is 6.08 Å². The number of aliphatic imine (C=N–C) groups is 1. The summed E-state index contributed by atoms with van der Waals surface area (Å²) in [6.07, 6.45) is 6.13. The number of rotatable bonds is 5. The quantitative estimate of drug-likeness (QED) is 0.375. The summed E-state index contributed by atoms with van der Waals surface area (Å²) in [5.41, 5.74) is 2.56. The highest BCUT2D eigenvalue weighted by Gasteiger charge is 2.27. The zero-order valence-electron chi connectivity index (χ0n) is 13.8. The van der Waals surface area contributed by atoms with Crippen LogP contribution in [0.1, 0.15) is 19.4 Å². The number of hydrogen-bond acceptors (Lipinski definition) is 5. The van der Waals surface area contributed by atoms with E-state index in [4.69, 9.17) is 0 Å². The maximum absolute atomic E-state index is 9.31. The molecule has 1 aliphatic heterocycles. The Morgan fingerprint density at radius 2 is 2.26 bits per heavy atom. The highest BCUT2D eigenvalue weighted by molar-refractivity contribution is 8.14. The summed E-state index contributed by atoms with van der Waals surface area (Å²) < 4.78 is 0. The Balaban J connectivity index is 2.25. The standard InChI is InChI=1S/C17H23BN2O2S/c1-5-17(23-12(3)19-6-2)16-9-7-13-11-14(18(21)22)8-10-15(13)20(16)4/h5,7-11,16-17,21-22H,1,6H2,2-4H3. The first kappa shape index (κ1) is 17.9. The highest BCUT2D eigenvalue weighted by atomic mass is 32.2. The van der Waals surface area contributed by atoms with Crippen LogP contribution in [-0.4, -0.2) is 47.1 Å². The minimum Gasteiger partial charge on any atom is -0.423 e. The molecule has 0 radical (unpaired) electrons. The van der Waals surface area contributed by atoms with Crippen molar-refractivity contribution in [2.45, 2.75) is 25.1 Å². The summed E-state index contributed by atoms with van der Waals surface area (Å²) >= 11 is 1.72. The van der Waals surface area contributed by atoms with Crippen LogP contribution in [0.2, 0.25) is 0 Å². The van der Waals surface area contributed by atoms with Crippen molar-refractivity contribution >= 4 is 41.2 Å². The van der Waals surface area contributed by atoms with Gasteiger partial charge in [-0.3, -0.25) is 4.99 Å². The molecule has 0 fully saturated rings. The van der Waals surface area contributed by atoms with Crippen molar-refractivity contribution < 1.29 is 10.0 Å². The molecule has 0 saturated carbocycles. The second-order valence-electron chi connectivity index (χ2n) is 5.46. The molecule has 122 valence electrons. The summed E-state index contributed by atoms with van der Waals surface area (Å²) in [5, 5.41) is 19.9. The molecule has 2 rings (SSSR count). The fourth-order valence-corrected chi connectivity index (χ4v) is 3.83. The normalized spacial score (nSPS) is 18.6. The van der Waals surface area contributed by atoms with Crippen LogP contribution in [-0.2, 0) is 0 Å². The molecule has 1 aromatic rings. The van der Waals surface area contributed by atoms with Crippen LogP contribution in [0.3, 0.4) is 0 Å². The summed E-state index contributed by atoms with van der Waals surface area (Å²) in [4.78, 5) is 6.64. The van der Waals surface area contributed by atoms with E-state index in [9.17, 15) is 10.0 Å². The third-order valence-corrected chi connectivity index (χ3v) is 5.12. The molecule has 1 aliphatic rings. The van der Waals surface area contributed by atoms with Crippen LogP contribution in [0.4, 0.5) is 5.69 Å². The number of nitrogens with zero attached hydrogens (tertiary/aromatic N) is 2. The molecule has 2 unspecified atom stereocenters. The summed E-state index contributed by atoms with van der Waals surface area (Å²) in [7, 11) is 0.604. The van der Waals surface area contributed by atoms with E-state index in [-0.39, 0.29) is 11.3 Å². The lowest BCUT2D eigenvalue weighted by Gasteiger charge is -2.36. The molecule has 0 bridgehead atoms. The number of anilines is 1. The molecule has 1 aromatic carbocycles. The zero-order valence-corrected chi connectivity index (χ0v) is 14.6. The topological polar surface area (TPSA) is 56.1 Å². The van der Waals surface area contributed by atoms with Crippen molar-refractivity contribution in [3.05, 3.63) is 42.5 Å². The second kappa shape index (κ2) is 7.86. The van der Waals surface area contributed by atoms with Gasteiger partial charge < -0.3 is 14.9 Å². The molecule has 2 N–H and O–H groups in total. The van der Waals surface area contributed by atoms with E-state index >= 15 is 0 Å². The smallest absolute Gasteiger partial charge is 0.423 e. The third-order valence-electron chi connectivity index (χ3n) is 3.91. The van der Waals surface area contributed by atoms with Crippen molar-refractivity contribution in [3.8, 4) is 0 Å². The van der Waals surface area contributed by atoms with E-state index in [2.05, 4.69) is 22.5 Å². The largest absolute Gasteiger partial charge is 0.488 e. The lowest BCUT2D eigenvalue weighted by atomic mass is 9.79. The van der Waals surface area contributed by atoms with E-state index < -0.39 is 7.12 Å². The minimum atomic E-state index is -1.44. The number of fused-ring (bicyclic) bond motifs is 1. The van der Waals surface area contributed by atoms with Crippen molar-refractivity contribution in [3.63, 3.8) is 0 Å². The van der Waals surface area contributed by atoms with Gasteiger partial charge in [-0.25, -0.2) is 0 Å². The van der Waals surface area contributed by atoms with Gasteiger partial charge >= 0.3 is 7.12 Å². The first-order valence-electron chi connectivity index (χ1n) is 7.69. The van der Waals surface area contributed by atoms with Crippen LogP contribution in [0, 0.1) is 0 Å². The van der Waals surface area contributed by atoms with Gasteiger partial charge in [0.15, 0.2) is 0 Å². The summed E-state index contributed by atoms with van der Waals surface area (Å²) in [6, 6.07) is 5.66. The van der Waals surface area contributed by atoms with Gasteiger partial charge in [-0.1, -0.05) is 30.4 Å². The Morgan fingerprint density at radius 1 is 1.52 bits per heavy atom. The Hall–Kier alpha value is -1.50. The lowest BCUT2D eigenvalue weighted by Crippen LogP contribution is -2.40. The Kier molecular flexibility index (Phi) is 6.10. The molecule has 0 spiro atoms. The predicted octanol–water partition coefficient (Wildman–Crippen LogP) is 1.92. The molecule has 1 heterocycles. The van der Waals surface area contributed by atoms with E-state index in [0.29, 0.717) is 5.46 Å². The number of benzene rings is 1. The van der Waals surface area contributed by atoms with Crippen LogP contribution >= 0.6 is 11.8 Å². The number of likely N-dealkylation sites (N-methyl/N-ethyl adjacent to an activating group) is 1. The van der Waals surface area contributed by atoms with Gasteiger partial charge in [0.25, 0.3) is 0 Å². The summed E-state index contributed by atoms with van der Waals surface area (Å²) in [6.45, 7) is 8.82. The van der Waals surface area contributed by atoms with E-state index in [1.807, 2.05) is 45.2 Å². The lowest BCUT2D eigenvalue weighted by molar-refractivity contribution is 0.426. The second-order valence-corrected chi connectivity index (χ2v) is 6.83. The van der Waals surface area contributed by atoms with Gasteiger partial charge in [-0.15, -0.1) is 18.3 Å². The van der Waals surface area contributed by atoms with Gasteiger partial charge in [-0.05, 0) is 30.9 Å². The first-order chi connectivity index (χ1) is 11.0.